The van der Waals surface area contributed by atoms with Gasteiger partial charge in [-0.1, -0.05) is 12.1 Å². The zero-order valence-electron chi connectivity index (χ0n) is 14.2. The molecule has 0 atom stereocenters. The van der Waals surface area contributed by atoms with E-state index < -0.39 is 10.9 Å². The maximum atomic E-state index is 12.5. The number of carbonyl (C=O) groups is 2. The largest absolute Gasteiger partial charge is 0.457 e. The van der Waals surface area contributed by atoms with E-state index in [0.29, 0.717) is 11.1 Å². The van der Waals surface area contributed by atoms with E-state index in [1.54, 1.807) is 12.1 Å². The fraction of sp³-hybridized carbons (Fsp3) is 0. The van der Waals surface area contributed by atoms with Crippen molar-refractivity contribution in [1.82, 2.24) is 0 Å². The van der Waals surface area contributed by atoms with E-state index in [4.69, 9.17) is 13.9 Å². The molecule has 0 aliphatic carbocycles. The molecule has 0 fully saturated rings. The number of carbonyl (C=O) groups excluding carboxylic acids is 2. The van der Waals surface area contributed by atoms with Gasteiger partial charge in [-0.2, -0.15) is 0 Å². The third-order valence-corrected chi connectivity index (χ3v) is 3.95. The average Bonchev–Trinajstić information content (AvgIpc) is 3.31. The Kier molecular flexibility index (Phi) is 4.21. The first-order valence-electron chi connectivity index (χ1n) is 8.10. The fourth-order valence-corrected chi connectivity index (χ4v) is 2.66. The third-order valence-electron chi connectivity index (χ3n) is 3.95. The Bertz CT molecular complexity index is 1130. The van der Waals surface area contributed by atoms with Crippen molar-refractivity contribution in [1.29, 1.82) is 0 Å². The van der Waals surface area contributed by atoms with Gasteiger partial charge in [-0.3, -0.25) is 14.9 Å². The number of benzene rings is 2. The topological polar surface area (TPSA) is 109 Å². The van der Waals surface area contributed by atoms with Crippen molar-refractivity contribution in [2.75, 3.05) is 0 Å². The van der Waals surface area contributed by atoms with Gasteiger partial charge in [0.05, 0.1) is 16.7 Å². The van der Waals surface area contributed by atoms with E-state index >= 15 is 0 Å². The number of hydrogen-bond acceptors (Lipinski definition) is 7. The first kappa shape index (κ1) is 17.2. The first-order chi connectivity index (χ1) is 13.5. The normalized spacial score (nSPS) is 13.9. The summed E-state index contributed by atoms with van der Waals surface area (Å²) in [6.07, 6.45) is 2.77. The van der Waals surface area contributed by atoms with Crippen molar-refractivity contribution >= 4 is 23.5 Å². The maximum absolute atomic E-state index is 12.5. The Morgan fingerprint density at radius 1 is 1.11 bits per heavy atom. The molecule has 0 unspecified atom stereocenters. The number of allylic oxidation sites excluding steroid dienone is 1. The lowest BCUT2D eigenvalue weighted by Gasteiger charge is -2.04. The van der Waals surface area contributed by atoms with Crippen molar-refractivity contribution in [3.63, 3.8) is 0 Å². The van der Waals surface area contributed by atoms with Crippen LogP contribution in [0.15, 0.2) is 71.0 Å². The van der Waals surface area contributed by atoms with Gasteiger partial charge >= 0.3 is 5.97 Å². The standard InChI is InChI=1S/C20H11NO7/c22-19-15-7-6-14(27-20(23)16-5-2-8-26-16)11-17(15)28-18(19)10-12-3-1-4-13(9-12)21(24)25/h1-11H/b18-10+. The van der Waals surface area contributed by atoms with Crippen LogP contribution in [0, 0.1) is 10.1 Å². The lowest BCUT2D eigenvalue weighted by atomic mass is 10.1. The summed E-state index contributed by atoms with van der Waals surface area (Å²) >= 11 is 0. The summed E-state index contributed by atoms with van der Waals surface area (Å²) in [4.78, 5) is 34.8. The van der Waals surface area contributed by atoms with E-state index in [1.807, 2.05) is 0 Å². The number of non-ortho nitro benzene ring substituents is 1. The average molecular weight is 377 g/mol. The summed E-state index contributed by atoms with van der Waals surface area (Å²) in [6.45, 7) is 0. The van der Waals surface area contributed by atoms with Gasteiger partial charge in [0.25, 0.3) is 5.69 Å². The van der Waals surface area contributed by atoms with Gasteiger partial charge in [-0.05, 0) is 35.9 Å². The molecule has 28 heavy (non-hydrogen) atoms. The van der Waals surface area contributed by atoms with Crippen molar-refractivity contribution in [3.8, 4) is 11.5 Å². The van der Waals surface area contributed by atoms with Crippen LogP contribution in [0.4, 0.5) is 5.69 Å². The molecule has 0 bridgehead atoms. The lowest BCUT2D eigenvalue weighted by Crippen LogP contribution is -2.07. The molecule has 138 valence electrons. The van der Waals surface area contributed by atoms with Crippen LogP contribution >= 0.6 is 0 Å². The number of ether oxygens (including phenoxy) is 2. The Morgan fingerprint density at radius 2 is 1.96 bits per heavy atom. The SMILES string of the molecule is O=C(Oc1ccc2c(c1)O/C(=C/c1cccc([N+](=O)[O-])c1)C2=O)c1ccco1. The van der Waals surface area contributed by atoms with Crippen molar-refractivity contribution in [2.45, 2.75) is 0 Å². The highest BCUT2D eigenvalue weighted by Crippen LogP contribution is 2.35. The molecule has 0 amide bonds. The molecular weight excluding hydrogens is 366 g/mol. The zero-order valence-corrected chi connectivity index (χ0v) is 14.2. The van der Waals surface area contributed by atoms with E-state index in [0.717, 1.165) is 0 Å². The quantitative estimate of drug-likeness (QED) is 0.222. The highest BCUT2D eigenvalue weighted by molar-refractivity contribution is 6.14. The lowest BCUT2D eigenvalue weighted by molar-refractivity contribution is -0.384. The number of hydrogen-bond donors (Lipinski definition) is 0. The van der Waals surface area contributed by atoms with E-state index in [-0.39, 0.29) is 34.5 Å². The molecule has 8 nitrogen and oxygen atoms in total. The second kappa shape index (κ2) is 6.84. The van der Waals surface area contributed by atoms with Gasteiger partial charge < -0.3 is 13.9 Å². The summed E-state index contributed by atoms with van der Waals surface area (Å²) in [6, 6.07) is 13.2. The third kappa shape index (κ3) is 3.26. The van der Waals surface area contributed by atoms with Gasteiger partial charge in [-0.25, -0.2) is 4.79 Å². The van der Waals surface area contributed by atoms with Gasteiger partial charge in [0.2, 0.25) is 11.5 Å². The zero-order chi connectivity index (χ0) is 19.7. The Balaban J connectivity index is 1.57. The highest BCUT2D eigenvalue weighted by Gasteiger charge is 2.28. The van der Waals surface area contributed by atoms with Crippen LogP contribution in [-0.2, 0) is 0 Å². The van der Waals surface area contributed by atoms with Crippen LogP contribution in [0.5, 0.6) is 11.5 Å². The molecule has 1 aromatic heterocycles. The monoisotopic (exact) mass is 377 g/mol. The van der Waals surface area contributed by atoms with Crippen molar-refractivity contribution in [3.05, 3.63) is 93.6 Å². The van der Waals surface area contributed by atoms with Crippen LogP contribution in [0.25, 0.3) is 6.08 Å². The molecule has 2 aromatic carbocycles. The number of furan rings is 1. The maximum Gasteiger partial charge on any atom is 0.379 e. The number of rotatable bonds is 4. The van der Waals surface area contributed by atoms with Crippen LogP contribution in [-0.4, -0.2) is 16.7 Å². The van der Waals surface area contributed by atoms with Gasteiger partial charge in [-0.15, -0.1) is 0 Å². The molecule has 1 aliphatic heterocycles. The number of fused-ring (bicyclic) bond motifs is 1. The number of nitro groups is 1. The molecule has 3 aromatic rings. The highest BCUT2D eigenvalue weighted by atomic mass is 16.6. The predicted molar refractivity (Wildman–Crippen MR) is 96.1 cm³/mol. The molecule has 0 saturated heterocycles. The van der Waals surface area contributed by atoms with Gasteiger partial charge in [0.15, 0.2) is 5.76 Å². The molecular formula is C20H11NO7. The first-order valence-corrected chi connectivity index (χ1v) is 8.10. The van der Waals surface area contributed by atoms with Crippen molar-refractivity contribution < 1.29 is 28.4 Å². The van der Waals surface area contributed by atoms with Gasteiger partial charge in [0, 0.05) is 18.2 Å². The van der Waals surface area contributed by atoms with E-state index in [1.165, 1.54) is 54.8 Å². The Hall–Kier alpha value is -4.20. The molecule has 0 N–H and O–H groups in total. The summed E-state index contributed by atoms with van der Waals surface area (Å²) in [5.74, 6) is -0.572. The van der Waals surface area contributed by atoms with Gasteiger partial charge in [0.1, 0.15) is 11.5 Å². The fourth-order valence-electron chi connectivity index (χ4n) is 2.66. The molecule has 4 rings (SSSR count). The van der Waals surface area contributed by atoms with Crippen LogP contribution < -0.4 is 9.47 Å². The summed E-state index contributed by atoms with van der Waals surface area (Å²) < 4.78 is 15.7. The molecule has 1 aliphatic rings. The molecule has 0 spiro atoms. The molecule has 0 saturated carbocycles. The summed E-state index contributed by atoms with van der Waals surface area (Å²) in [5.41, 5.74) is 0.661. The number of nitro benzene ring substituents is 1. The number of Topliss-reactive ketones (excluding diaryl/α,β-unsaturated/α-hetero) is 1. The van der Waals surface area contributed by atoms with Crippen LogP contribution in [0.1, 0.15) is 26.5 Å². The minimum atomic E-state index is -0.679. The Labute approximate surface area is 157 Å². The smallest absolute Gasteiger partial charge is 0.379 e. The predicted octanol–water partition coefficient (Wildman–Crippen LogP) is 4.02. The van der Waals surface area contributed by atoms with E-state index in [9.17, 15) is 19.7 Å². The number of nitrogens with zero attached hydrogens (tertiary/aromatic N) is 1. The van der Waals surface area contributed by atoms with Crippen LogP contribution in [0.2, 0.25) is 0 Å². The van der Waals surface area contributed by atoms with Crippen LogP contribution in [0.3, 0.4) is 0 Å². The second-order valence-corrected chi connectivity index (χ2v) is 5.82. The second-order valence-electron chi connectivity index (χ2n) is 5.82. The molecule has 2 heterocycles. The van der Waals surface area contributed by atoms with E-state index in [2.05, 4.69) is 0 Å². The number of esters is 1. The minimum Gasteiger partial charge on any atom is -0.457 e. The summed E-state index contributed by atoms with van der Waals surface area (Å²) in [5, 5.41) is 10.9. The van der Waals surface area contributed by atoms with Crippen molar-refractivity contribution in [2.24, 2.45) is 0 Å². The minimum absolute atomic E-state index is 0.0185. The molecule has 0 radical (unpaired) electrons. The summed E-state index contributed by atoms with van der Waals surface area (Å²) in [7, 11) is 0. The Morgan fingerprint density at radius 3 is 2.71 bits per heavy atom. The number of ketones is 1. The molecule has 8 heteroatoms.